The quantitative estimate of drug-likeness (QED) is 0.343. The van der Waals surface area contributed by atoms with Crippen molar-refractivity contribution < 1.29 is 14.3 Å². The zero-order valence-corrected chi connectivity index (χ0v) is 18.8. The number of rotatable bonds is 6. The fourth-order valence-corrected chi connectivity index (χ4v) is 4.55. The highest BCUT2D eigenvalue weighted by molar-refractivity contribution is 8.27. The Hall–Kier alpha value is -3.09. The van der Waals surface area contributed by atoms with Crippen molar-refractivity contribution in [3.63, 3.8) is 0 Å². The summed E-state index contributed by atoms with van der Waals surface area (Å²) < 4.78 is 12.0. The summed E-state index contributed by atoms with van der Waals surface area (Å²) >= 11 is 6.79. The highest BCUT2D eigenvalue weighted by atomic mass is 32.2. The van der Waals surface area contributed by atoms with Crippen LogP contribution < -0.4 is 14.4 Å². The zero-order chi connectivity index (χ0) is 21.8. The number of aryl methyl sites for hydroxylation is 1. The highest BCUT2D eigenvalue weighted by Crippen LogP contribution is 2.38. The third-order valence-electron chi connectivity index (χ3n) is 4.87. The summed E-state index contributed by atoms with van der Waals surface area (Å²) in [7, 11) is 1.60. The molecule has 1 aliphatic rings. The third-order valence-corrected chi connectivity index (χ3v) is 6.17. The van der Waals surface area contributed by atoms with Gasteiger partial charge in [0.15, 0.2) is 15.8 Å². The van der Waals surface area contributed by atoms with Crippen LogP contribution in [0.2, 0.25) is 0 Å². The molecule has 0 radical (unpaired) electrons. The Balaban J connectivity index is 1.55. The van der Waals surface area contributed by atoms with E-state index in [-0.39, 0.29) is 5.91 Å². The largest absolute Gasteiger partial charge is 0.493 e. The minimum absolute atomic E-state index is 0.118. The Labute approximate surface area is 191 Å². The second-order valence-corrected chi connectivity index (χ2v) is 8.66. The molecule has 1 aliphatic heterocycles. The molecule has 1 saturated heterocycles. The molecule has 0 aromatic heterocycles. The molecule has 1 heterocycles. The Kier molecular flexibility index (Phi) is 6.39. The van der Waals surface area contributed by atoms with Gasteiger partial charge in [-0.15, -0.1) is 0 Å². The lowest BCUT2D eigenvalue weighted by Crippen LogP contribution is -2.28. The van der Waals surface area contributed by atoms with Crippen LogP contribution in [0.5, 0.6) is 11.5 Å². The molecule has 4 nitrogen and oxygen atoms in total. The monoisotopic (exact) mass is 447 g/mol. The van der Waals surface area contributed by atoms with E-state index in [1.54, 1.807) is 12.0 Å². The molecule has 0 unspecified atom stereocenters. The predicted octanol–water partition coefficient (Wildman–Crippen LogP) is 5.99. The molecule has 3 aromatic carbocycles. The van der Waals surface area contributed by atoms with Crippen LogP contribution in [-0.2, 0) is 11.4 Å². The maximum absolute atomic E-state index is 13.0. The fraction of sp³-hybridized carbons (Fsp3) is 0.120. The number of nitrogens with zero attached hydrogens (tertiary/aromatic N) is 1. The number of carbonyl (C=O) groups excluding carboxylic acids is 1. The van der Waals surface area contributed by atoms with E-state index in [4.69, 9.17) is 21.7 Å². The number of carbonyl (C=O) groups is 1. The summed E-state index contributed by atoms with van der Waals surface area (Å²) in [6.45, 7) is 2.42. The van der Waals surface area contributed by atoms with E-state index in [0.29, 0.717) is 27.3 Å². The lowest BCUT2D eigenvalue weighted by atomic mass is 10.1. The molecule has 1 fully saturated rings. The number of ether oxygens (including phenoxy) is 2. The Morgan fingerprint density at radius 3 is 2.48 bits per heavy atom. The summed E-state index contributed by atoms with van der Waals surface area (Å²) in [5.74, 6) is 1.14. The van der Waals surface area contributed by atoms with Crippen molar-refractivity contribution in [2.75, 3.05) is 12.0 Å². The number of thiocarbonyl (C=S) groups is 1. The first-order chi connectivity index (χ1) is 15.1. The van der Waals surface area contributed by atoms with Gasteiger partial charge >= 0.3 is 0 Å². The van der Waals surface area contributed by atoms with Gasteiger partial charge in [0.2, 0.25) is 0 Å². The second kappa shape index (κ2) is 9.37. The SMILES string of the molecule is COc1cc(C=C2SC(=S)N(c3ccccc3C)C2=O)ccc1OCc1ccccc1. The summed E-state index contributed by atoms with van der Waals surface area (Å²) in [4.78, 5) is 15.2. The first-order valence-electron chi connectivity index (χ1n) is 9.75. The molecule has 4 rings (SSSR count). The van der Waals surface area contributed by atoms with Crippen LogP contribution in [0.25, 0.3) is 6.08 Å². The van der Waals surface area contributed by atoms with Crippen LogP contribution in [-0.4, -0.2) is 17.3 Å². The van der Waals surface area contributed by atoms with Gasteiger partial charge in [-0.3, -0.25) is 9.69 Å². The van der Waals surface area contributed by atoms with Crippen molar-refractivity contribution in [3.05, 3.63) is 94.4 Å². The van der Waals surface area contributed by atoms with E-state index in [0.717, 1.165) is 22.4 Å². The zero-order valence-electron chi connectivity index (χ0n) is 17.2. The maximum Gasteiger partial charge on any atom is 0.270 e. The Morgan fingerprint density at radius 2 is 1.74 bits per heavy atom. The molecular formula is C25H21NO3S2. The van der Waals surface area contributed by atoms with Crippen molar-refractivity contribution in [2.45, 2.75) is 13.5 Å². The van der Waals surface area contributed by atoms with Crippen LogP contribution in [0, 0.1) is 6.92 Å². The normalized spacial score (nSPS) is 14.9. The molecule has 0 spiro atoms. The van der Waals surface area contributed by atoms with Crippen molar-refractivity contribution in [2.24, 2.45) is 0 Å². The number of methoxy groups -OCH3 is 1. The molecule has 1 amide bonds. The number of anilines is 1. The first-order valence-corrected chi connectivity index (χ1v) is 11.0. The van der Waals surface area contributed by atoms with E-state index in [1.165, 1.54) is 11.8 Å². The smallest absolute Gasteiger partial charge is 0.270 e. The van der Waals surface area contributed by atoms with Gasteiger partial charge in [0.05, 0.1) is 17.7 Å². The van der Waals surface area contributed by atoms with Gasteiger partial charge in [-0.05, 0) is 47.9 Å². The Bertz CT molecular complexity index is 1160. The second-order valence-electron chi connectivity index (χ2n) is 6.99. The van der Waals surface area contributed by atoms with Crippen molar-refractivity contribution in [1.82, 2.24) is 0 Å². The van der Waals surface area contributed by atoms with Gasteiger partial charge in [0.25, 0.3) is 5.91 Å². The number of benzene rings is 3. The summed E-state index contributed by atoms with van der Waals surface area (Å²) in [5, 5.41) is 0. The molecule has 0 saturated carbocycles. The fourth-order valence-electron chi connectivity index (χ4n) is 3.27. The Morgan fingerprint density at radius 1 is 1.00 bits per heavy atom. The van der Waals surface area contributed by atoms with Crippen molar-refractivity contribution in [1.29, 1.82) is 0 Å². The lowest BCUT2D eigenvalue weighted by molar-refractivity contribution is -0.113. The van der Waals surface area contributed by atoms with Crippen LogP contribution in [0.15, 0.2) is 77.7 Å². The average molecular weight is 448 g/mol. The van der Waals surface area contributed by atoms with Crippen LogP contribution in [0.1, 0.15) is 16.7 Å². The molecule has 0 aliphatic carbocycles. The molecule has 0 atom stereocenters. The number of amides is 1. The van der Waals surface area contributed by atoms with Crippen LogP contribution in [0.4, 0.5) is 5.69 Å². The summed E-state index contributed by atoms with van der Waals surface area (Å²) in [6, 6.07) is 23.3. The minimum Gasteiger partial charge on any atom is -0.493 e. The first kappa shape index (κ1) is 21.2. The van der Waals surface area contributed by atoms with Gasteiger partial charge in [0, 0.05) is 0 Å². The van der Waals surface area contributed by atoms with E-state index in [1.807, 2.05) is 85.8 Å². The number of para-hydroxylation sites is 1. The van der Waals surface area contributed by atoms with Gasteiger partial charge in [-0.25, -0.2) is 0 Å². The van der Waals surface area contributed by atoms with Crippen LogP contribution in [0.3, 0.4) is 0 Å². The summed E-state index contributed by atoms with van der Waals surface area (Å²) in [6.07, 6.45) is 1.83. The molecule has 3 aromatic rings. The summed E-state index contributed by atoms with van der Waals surface area (Å²) in [5.41, 5.74) is 3.74. The van der Waals surface area contributed by atoms with Gasteiger partial charge < -0.3 is 9.47 Å². The predicted molar refractivity (Wildman–Crippen MR) is 131 cm³/mol. The molecule has 31 heavy (non-hydrogen) atoms. The topological polar surface area (TPSA) is 38.8 Å². The molecule has 6 heteroatoms. The van der Waals surface area contributed by atoms with Gasteiger partial charge in [-0.1, -0.05) is 78.6 Å². The van der Waals surface area contributed by atoms with E-state index in [2.05, 4.69) is 0 Å². The van der Waals surface area contributed by atoms with Gasteiger partial charge in [0.1, 0.15) is 6.61 Å². The molecular weight excluding hydrogens is 426 g/mol. The van der Waals surface area contributed by atoms with E-state index < -0.39 is 0 Å². The molecule has 156 valence electrons. The van der Waals surface area contributed by atoms with Crippen molar-refractivity contribution >= 4 is 46.0 Å². The molecule has 0 N–H and O–H groups in total. The van der Waals surface area contributed by atoms with Gasteiger partial charge in [-0.2, -0.15) is 0 Å². The number of thioether (sulfide) groups is 1. The highest BCUT2D eigenvalue weighted by Gasteiger charge is 2.33. The van der Waals surface area contributed by atoms with E-state index >= 15 is 0 Å². The minimum atomic E-state index is -0.118. The molecule has 0 bridgehead atoms. The lowest BCUT2D eigenvalue weighted by Gasteiger charge is -2.16. The third kappa shape index (κ3) is 4.65. The standard InChI is InChI=1S/C25H21NO3S2/c1-17-8-6-7-11-20(17)26-24(27)23(31-25(26)30)15-19-12-13-21(22(14-19)28-2)29-16-18-9-4-3-5-10-18/h3-15H,16H2,1-2H3. The van der Waals surface area contributed by atoms with Crippen LogP contribution >= 0.6 is 24.0 Å². The van der Waals surface area contributed by atoms with Crippen molar-refractivity contribution in [3.8, 4) is 11.5 Å². The average Bonchev–Trinajstić information content (AvgIpc) is 3.06. The number of hydrogen-bond acceptors (Lipinski definition) is 5. The van der Waals surface area contributed by atoms with E-state index in [9.17, 15) is 4.79 Å². The maximum atomic E-state index is 13.0. The number of hydrogen-bond donors (Lipinski definition) is 0.